The quantitative estimate of drug-likeness (QED) is 0.760. The number of nitrogens with zero attached hydrogens (tertiary/aromatic N) is 2. The van der Waals surface area contributed by atoms with E-state index in [1.54, 1.807) is 0 Å². The van der Waals surface area contributed by atoms with Gasteiger partial charge in [0.1, 0.15) is 0 Å². The van der Waals surface area contributed by atoms with Crippen LogP contribution in [0.4, 0.5) is 17.3 Å². The molecule has 0 fully saturated rings. The van der Waals surface area contributed by atoms with E-state index in [1.165, 1.54) is 12.4 Å². The SMILES string of the molecule is Cc1cc(C)cc(Nc2ncc(C(=O)Nc3ccccc3)cn2)c1. The summed E-state index contributed by atoms with van der Waals surface area (Å²) < 4.78 is 0. The van der Waals surface area contributed by atoms with Gasteiger partial charge in [-0.1, -0.05) is 24.3 Å². The number of carbonyl (C=O) groups is 1. The molecule has 0 saturated heterocycles. The zero-order valence-corrected chi connectivity index (χ0v) is 13.6. The Kier molecular flexibility index (Phi) is 4.52. The highest BCUT2D eigenvalue weighted by Gasteiger charge is 2.08. The Hall–Kier alpha value is -3.21. The minimum Gasteiger partial charge on any atom is -0.324 e. The molecule has 3 rings (SSSR count). The van der Waals surface area contributed by atoms with Crippen LogP contribution in [-0.4, -0.2) is 15.9 Å². The lowest BCUT2D eigenvalue weighted by atomic mass is 10.1. The van der Waals surface area contributed by atoms with Gasteiger partial charge in [-0.25, -0.2) is 9.97 Å². The van der Waals surface area contributed by atoms with Gasteiger partial charge in [-0.15, -0.1) is 0 Å². The molecule has 2 N–H and O–H groups in total. The van der Waals surface area contributed by atoms with Gasteiger partial charge >= 0.3 is 0 Å². The molecule has 0 atom stereocenters. The van der Waals surface area contributed by atoms with Crippen LogP contribution in [0.3, 0.4) is 0 Å². The van der Waals surface area contributed by atoms with Gasteiger partial charge in [0, 0.05) is 23.8 Å². The third kappa shape index (κ3) is 3.95. The van der Waals surface area contributed by atoms with Crippen molar-refractivity contribution in [3.05, 3.63) is 77.6 Å². The molecule has 1 aromatic heterocycles. The number of benzene rings is 2. The zero-order chi connectivity index (χ0) is 16.9. The van der Waals surface area contributed by atoms with Crippen molar-refractivity contribution in [2.45, 2.75) is 13.8 Å². The Morgan fingerprint density at radius 3 is 2.12 bits per heavy atom. The van der Waals surface area contributed by atoms with E-state index in [4.69, 9.17) is 0 Å². The molecule has 0 spiro atoms. The van der Waals surface area contributed by atoms with E-state index in [0.717, 1.165) is 22.5 Å². The summed E-state index contributed by atoms with van der Waals surface area (Å²) in [5.41, 5.74) is 4.39. The van der Waals surface area contributed by atoms with Crippen molar-refractivity contribution in [2.75, 3.05) is 10.6 Å². The van der Waals surface area contributed by atoms with E-state index in [-0.39, 0.29) is 5.91 Å². The number of aryl methyl sites for hydroxylation is 2. The predicted octanol–water partition coefficient (Wildman–Crippen LogP) is 4.09. The fraction of sp³-hybridized carbons (Fsp3) is 0.105. The molecular weight excluding hydrogens is 300 g/mol. The number of para-hydroxylation sites is 1. The number of amides is 1. The molecule has 5 heteroatoms. The summed E-state index contributed by atoms with van der Waals surface area (Å²) in [4.78, 5) is 20.6. The maximum atomic E-state index is 12.2. The number of carbonyl (C=O) groups excluding carboxylic acids is 1. The normalized spacial score (nSPS) is 10.2. The van der Waals surface area contributed by atoms with Gasteiger partial charge < -0.3 is 10.6 Å². The summed E-state index contributed by atoms with van der Waals surface area (Å²) in [7, 11) is 0. The Bertz CT molecular complexity index is 825. The van der Waals surface area contributed by atoms with E-state index in [1.807, 2.05) is 56.3 Å². The van der Waals surface area contributed by atoms with Crippen LogP contribution in [-0.2, 0) is 0 Å². The Balaban J connectivity index is 1.70. The smallest absolute Gasteiger partial charge is 0.258 e. The summed E-state index contributed by atoms with van der Waals surface area (Å²) in [5, 5.41) is 5.95. The summed E-state index contributed by atoms with van der Waals surface area (Å²) in [6.07, 6.45) is 3.02. The summed E-state index contributed by atoms with van der Waals surface area (Å²) >= 11 is 0. The molecule has 2 aromatic carbocycles. The monoisotopic (exact) mass is 318 g/mol. The molecule has 0 aliphatic carbocycles. The number of hydrogen-bond donors (Lipinski definition) is 2. The molecular formula is C19H18N4O. The minimum absolute atomic E-state index is 0.237. The van der Waals surface area contributed by atoms with Crippen molar-refractivity contribution in [1.29, 1.82) is 0 Å². The van der Waals surface area contributed by atoms with Crippen LogP contribution in [0.2, 0.25) is 0 Å². The van der Waals surface area contributed by atoms with E-state index in [0.29, 0.717) is 11.5 Å². The molecule has 0 radical (unpaired) electrons. The van der Waals surface area contributed by atoms with Crippen molar-refractivity contribution >= 4 is 23.2 Å². The molecule has 0 aliphatic rings. The van der Waals surface area contributed by atoms with E-state index in [9.17, 15) is 4.79 Å². The zero-order valence-electron chi connectivity index (χ0n) is 13.6. The van der Waals surface area contributed by atoms with Gasteiger partial charge in [-0.2, -0.15) is 0 Å². The van der Waals surface area contributed by atoms with Gasteiger partial charge in [0.05, 0.1) is 5.56 Å². The van der Waals surface area contributed by atoms with Crippen molar-refractivity contribution in [2.24, 2.45) is 0 Å². The van der Waals surface area contributed by atoms with Crippen LogP contribution < -0.4 is 10.6 Å². The molecule has 1 heterocycles. The summed E-state index contributed by atoms with van der Waals surface area (Å²) in [5.74, 6) is 0.218. The first-order valence-electron chi connectivity index (χ1n) is 7.64. The summed E-state index contributed by atoms with van der Waals surface area (Å²) in [6.45, 7) is 4.08. The van der Waals surface area contributed by atoms with Gasteiger partial charge in [-0.3, -0.25) is 4.79 Å². The molecule has 24 heavy (non-hydrogen) atoms. The number of hydrogen-bond acceptors (Lipinski definition) is 4. The second kappa shape index (κ2) is 6.91. The molecule has 5 nitrogen and oxygen atoms in total. The van der Waals surface area contributed by atoms with Gasteiger partial charge in [0.15, 0.2) is 0 Å². The topological polar surface area (TPSA) is 66.9 Å². The standard InChI is InChI=1S/C19H18N4O/c1-13-8-14(2)10-17(9-13)23-19-20-11-15(12-21-19)18(24)22-16-6-4-3-5-7-16/h3-12H,1-2H3,(H,22,24)(H,20,21,23). The molecule has 0 bridgehead atoms. The molecule has 0 aliphatic heterocycles. The maximum absolute atomic E-state index is 12.2. The Morgan fingerprint density at radius 1 is 0.875 bits per heavy atom. The van der Waals surface area contributed by atoms with Crippen LogP contribution in [0.25, 0.3) is 0 Å². The molecule has 0 unspecified atom stereocenters. The Morgan fingerprint density at radius 2 is 1.50 bits per heavy atom. The van der Waals surface area contributed by atoms with E-state index < -0.39 is 0 Å². The van der Waals surface area contributed by atoms with Crippen molar-refractivity contribution < 1.29 is 4.79 Å². The molecule has 120 valence electrons. The van der Waals surface area contributed by atoms with Crippen LogP contribution >= 0.6 is 0 Å². The second-order valence-electron chi connectivity index (χ2n) is 5.62. The highest BCUT2D eigenvalue weighted by Crippen LogP contribution is 2.17. The average molecular weight is 318 g/mol. The maximum Gasteiger partial charge on any atom is 0.258 e. The van der Waals surface area contributed by atoms with Crippen LogP contribution in [0.1, 0.15) is 21.5 Å². The highest BCUT2D eigenvalue weighted by atomic mass is 16.1. The van der Waals surface area contributed by atoms with E-state index >= 15 is 0 Å². The fourth-order valence-corrected chi connectivity index (χ4v) is 2.41. The van der Waals surface area contributed by atoms with Gasteiger partial charge in [-0.05, 0) is 49.2 Å². The first-order valence-corrected chi connectivity index (χ1v) is 7.64. The molecule has 0 saturated carbocycles. The third-order valence-electron chi connectivity index (χ3n) is 3.42. The van der Waals surface area contributed by atoms with E-state index in [2.05, 4.69) is 26.7 Å². The van der Waals surface area contributed by atoms with Crippen LogP contribution in [0.5, 0.6) is 0 Å². The molecule has 3 aromatic rings. The lowest BCUT2D eigenvalue weighted by Crippen LogP contribution is -2.13. The minimum atomic E-state index is -0.237. The first kappa shape index (κ1) is 15.7. The lowest BCUT2D eigenvalue weighted by molar-refractivity contribution is 0.102. The number of rotatable bonds is 4. The number of aromatic nitrogens is 2. The van der Waals surface area contributed by atoms with Crippen LogP contribution in [0, 0.1) is 13.8 Å². The van der Waals surface area contributed by atoms with Crippen molar-refractivity contribution in [3.8, 4) is 0 Å². The predicted molar refractivity (Wildman–Crippen MR) is 95.6 cm³/mol. The largest absolute Gasteiger partial charge is 0.324 e. The number of nitrogens with one attached hydrogen (secondary N) is 2. The summed E-state index contributed by atoms with van der Waals surface area (Å²) in [6, 6.07) is 15.4. The first-order chi connectivity index (χ1) is 11.6. The van der Waals surface area contributed by atoms with Crippen molar-refractivity contribution in [1.82, 2.24) is 9.97 Å². The Labute approximate surface area is 140 Å². The fourth-order valence-electron chi connectivity index (χ4n) is 2.41. The average Bonchev–Trinajstić information content (AvgIpc) is 2.55. The van der Waals surface area contributed by atoms with Crippen LogP contribution in [0.15, 0.2) is 60.9 Å². The molecule has 1 amide bonds. The van der Waals surface area contributed by atoms with Crippen molar-refractivity contribution in [3.63, 3.8) is 0 Å². The third-order valence-corrected chi connectivity index (χ3v) is 3.42. The second-order valence-corrected chi connectivity index (χ2v) is 5.62. The van der Waals surface area contributed by atoms with Gasteiger partial charge in [0.25, 0.3) is 5.91 Å². The number of anilines is 3. The van der Waals surface area contributed by atoms with Gasteiger partial charge in [0.2, 0.25) is 5.95 Å². The lowest BCUT2D eigenvalue weighted by Gasteiger charge is -2.08. The highest BCUT2D eigenvalue weighted by molar-refractivity contribution is 6.03.